The van der Waals surface area contributed by atoms with Crippen molar-refractivity contribution in [2.75, 3.05) is 27.4 Å². The van der Waals surface area contributed by atoms with Crippen molar-refractivity contribution in [3.63, 3.8) is 0 Å². The number of para-hydroxylation sites is 1. The maximum absolute atomic E-state index is 10.1. The van der Waals surface area contributed by atoms with Crippen LogP contribution >= 0.6 is 0 Å². The normalized spacial score (nSPS) is 12.7. The van der Waals surface area contributed by atoms with Gasteiger partial charge in [0, 0.05) is 31.8 Å². The average Bonchev–Trinajstić information content (AvgIpc) is 2.44. The van der Waals surface area contributed by atoms with E-state index in [9.17, 15) is 5.11 Å². The van der Waals surface area contributed by atoms with E-state index >= 15 is 0 Å². The second-order valence-electron chi connectivity index (χ2n) is 4.69. The van der Waals surface area contributed by atoms with Crippen LogP contribution in [0.1, 0.15) is 25.8 Å². The van der Waals surface area contributed by atoms with Crippen LogP contribution in [0.25, 0.3) is 0 Å². The molecule has 4 heteroatoms. The summed E-state index contributed by atoms with van der Waals surface area (Å²) in [6, 6.07) is 6.04. The number of aromatic hydroxyl groups is 1. The van der Waals surface area contributed by atoms with Gasteiger partial charge in [-0.15, -0.1) is 0 Å². The molecule has 0 radical (unpaired) electrons. The van der Waals surface area contributed by atoms with Gasteiger partial charge >= 0.3 is 0 Å². The predicted molar refractivity (Wildman–Crippen MR) is 76.7 cm³/mol. The number of ether oxygens (including phenoxy) is 2. The maximum atomic E-state index is 10.1. The first-order valence-corrected chi connectivity index (χ1v) is 6.71. The standard InChI is InChI=1S/C15H25NO3/c1-5-12(2)16(9-10-18-3)11-13-7-6-8-14(19-4)15(13)17/h6-8,12,17H,5,9-11H2,1-4H3. The van der Waals surface area contributed by atoms with Crippen molar-refractivity contribution >= 4 is 0 Å². The summed E-state index contributed by atoms with van der Waals surface area (Å²) < 4.78 is 10.3. The van der Waals surface area contributed by atoms with Gasteiger partial charge in [0.15, 0.2) is 11.5 Å². The Morgan fingerprint density at radius 2 is 2.05 bits per heavy atom. The molecule has 1 aromatic rings. The molecule has 0 aliphatic carbocycles. The molecule has 0 aromatic heterocycles. The minimum absolute atomic E-state index is 0.232. The summed E-state index contributed by atoms with van der Waals surface area (Å²) in [5.74, 6) is 0.754. The fourth-order valence-electron chi connectivity index (χ4n) is 2.00. The van der Waals surface area contributed by atoms with Crippen LogP contribution in [0.3, 0.4) is 0 Å². The van der Waals surface area contributed by atoms with E-state index in [2.05, 4.69) is 18.7 Å². The Kier molecular flexibility index (Phi) is 6.67. The van der Waals surface area contributed by atoms with Crippen molar-refractivity contribution in [1.82, 2.24) is 4.90 Å². The highest BCUT2D eigenvalue weighted by atomic mass is 16.5. The van der Waals surface area contributed by atoms with Crippen molar-refractivity contribution in [2.24, 2.45) is 0 Å². The molecule has 1 rings (SSSR count). The van der Waals surface area contributed by atoms with Crippen LogP contribution in [0.2, 0.25) is 0 Å². The maximum Gasteiger partial charge on any atom is 0.162 e. The Labute approximate surface area is 115 Å². The molecule has 0 bridgehead atoms. The second-order valence-corrected chi connectivity index (χ2v) is 4.69. The molecule has 0 aliphatic rings. The number of hydrogen-bond acceptors (Lipinski definition) is 4. The van der Waals surface area contributed by atoms with Crippen LogP contribution in [0, 0.1) is 0 Å². The Morgan fingerprint density at radius 1 is 1.32 bits per heavy atom. The third-order valence-corrected chi connectivity index (χ3v) is 3.47. The fourth-order valence-corrected chi connectivity index (χ4v) is 2.00. The van der Waals surface area contributed by atoms with E-state index in [0.29, 0.717) is 24.9 Å². The Morgan fingerprint density at radius 3 is 2.63 bits per heavy atom. The summed E-state index contributed by atoms with van der Waals surface area (Å²) >= 11 is 0. The van der Waals surface area contributed by atoms with E-state index in [1.165, 1.54) is 0 Å². The summed E-state index contributed by atoms with van der Waals surface area (Å²) in [4.78, 5) is 2.30. The highest BCUT2D eigenvalue weighted by Crippen LogP contribution is 2.30. The first-order chi connectivity index (χ1) is 9.13. The van der Waals surface area contributed by atoms with Crippen LogP contribution in [0.5, 0.6) is 11.5 Å². The highest BCUT2D eigenvalue weighted by molar-refractivity contribution is 5.45. The van der Waals surface area contributed by atoms with E-state index in [4.69, 9.17) is 9.47 Å². The molecule has 0 saturated heterocycles. The number of nitrogens with zero attached hydrogens (tertiary/aromatic N) is 1. The molecular weight excluding hydrogens is 242 g/mol. The van der Waals surface area contributed by atoms with Gasteiger partial charge in [-0.3, -0.25) is 4.90 Å². The van der Waals surface area contributed by atoms with E-state index in [1.807, 2.05) is 12.1 Å². The van der Waals surface area contributed by atoms with Gasteiger partial charge < -0.3 is 14.6 Å². The molecule has 19 heavy (non-hydrogen) atoms. The molecule has 0 saturated carbocycles. The van der Waals surface area contributed by atoms with E-state index < -0.39 is 0 Å². The lowest BCUT2D eigenvalue weighted by molar-refractivity contribution is 0.117. The molecule has 0 fully saturated rings. The molecule has 0 heterocycles. The van der Waals surface area contributed by atoms with Gasteiger partial charge in [-0.1, -0.05) is 19.1 Å². The third kappa shape index (κ3) is 4.40. The topological polar surface area (TPSA) is 41.9 Å². The van der Waals surface area contributed by atoms with Crippen LogP contribution < -0.4 is 4.74 Å². The number of hydrogen-bond donors (Lipinski definition) is 1. The number of methoxy groups -OCH3 is 2. The van der Waals surface area contributed by atoms with Crippen molar-refractivity contribution in [3.05, 3.63) is 23.8 Å². The van der Waals surface area contributed by atoms with Crippen molar-refractivity contribution < 1.29 is 14.6 Å². The SMILES string of the molecule is CCC(C)N(CCOC)Cc1cccc(OC)c1O. The zero-order chi connectivity index (χ0) is 14.3. The van der Waals surface area contributed by atoms with Crippen molar-refractivity contribution in [1.29, 1.82) is 0 Å². The number of benzene rings is 1. The second kappa shape index (κ2) is 8.02. The zero-order valence-electron chi connectivity index (χ0n) is 12.3. The van der Waals surface area contributed by atoms with Crippen molar-refractivity contribution in [2.45, 2.75) is 32.9 Å². The summed E-state index contributed by atoms with van der Waals surface area (Å²) in [6.45, 7) is 6.58. The summed E-state index contributed by atoms with van der Waals surface area (Å²) in [7, 11) is 3.27. The molecular formula is C15H25NO3. The number of phenolic OH excluding ortho intramolecular Hbond substituents is 1. The van der Waals surface area contributed by atoms with Gasteiger partial charge in [0.05, 0.1) is 13.7 Å². The first kappa shape index (κ1) is 15.8. The van der Waals surface area contributed by atoms with Gasteiger partial charge in [-0.2, -0.15) is 0 Å². The number of phenols is 1. The largest absolute Gasteiger partial charge is 0.504 e. The highest BCUT2D eigenvalue weighted by Gasteiger charge is 2.15. The van der Waals surface area contributed by atoms with Crippen LogP contribution in [-0.2, 0) is 11.3 Å². The van der Waals surface area contributed by atoms with Crippen LogP contribution in [0.15, 0.2) is 18.2 Å². The lowest BCUT2D eigenvalue weighted by Crippen LogP contribution is -2.34. The van der Waals surface area contributed by atoms with Gasteiger partial charge in [0.1, 0.15) is 0 Å². The summed E-state index contributed by atoms with van der Waals surface area (Å²) in [5.41, 5.74) is 0.885. The Balaban J connectivity index is 2.83. The van der Waals surface area contributed by atoms with Gasteiger partial charge in [0.2, 0.25) is 0 Å². The van der Waals surface area contributed by atoms with Crippen molar-refractivity contribution in [3.8, 4) is 11.5 Å². The molecule has 0 spiro atoms. The average molecular weight is 267 g/mol. The van der Waals surface area contributed by atoms with Gasteiger partial charge in [-0.25, -0.2) is 0 Å². The third-order valence-electron chi connectivity index (χ3n) is 3.47. The van der Waals surface area contributed by atoms with E-state index in [0.717, 1.165) is 18.5 Å². The molecule has 108 valence electrons. The molecule has 0 aliphatic heterocycles. The molecule has 1 atom stereocenters. The minimum Gasteiger partial charge on any atom is -0.504 e. The molecule has 0 amide bonds. The first-order valence-electron chi connectivity index (χ1n) is 6.71. The summed E-state index contributed by atoms with van der Waals surface area (Å²) in [6.07, 6.45) is 1.06. The van der Waals surface area contributed by atoms with E-state index in [-0.39, 0.29) is 5.75 Å². The quantitative estimate of drug-likeness (QED) is 0.786. The number of rotatable bonds is 8. The lowest BCUT2D eigenvalue weighted by Gasteiger charge is -2.28. The lowest BCUT2D eigenvalue weighted by atomic mass is 10.1. The zero-order valence-corrected chi connectivity index (χ0v) is 12.3. The Hall–Kier alpha value is -1.26. The van der Waals surface area contributed by atoms with E-state index in [1.54, 1.807) is 20.3 Å². The summed E-state index contributed by atoms with van der Waals surface area (Å²) in [5, 5.41) is 10.1. The molecule has 1 aromatic carbocycles. The van der Waals surface area contributed by atoms with Gasteiger partial charge in [-0.05, 0) is 19.4 Å². The van der Waals surface area contributed by atoms with Crippen LogP contribution in [0.4, 0.5) is 0 Å². The fraction of sp³-hybridized carbons (Fsp3) is 0.600. The Bertz CT molecular complexity index is 382. The molecule has 1 unspecified atom stereocenters. The molecule has 4 nitrogen and oxygen atoms in total. The van der Waals surface area contributed by atoms with Crippen LogP contribution in [-0.4, -0.2) is 43.4 Å². The predicted octanol–water partition coefficient (Wildman–Crippen LogP) is 2.65. The van der Waals surface area contributed by atoms with Gasteiger partial charge in [0.25, 0.3) is 0 Å². The monoisotopic (exact) mass is 267 g/mol. The minimum atomic E-state index is 0.232. The molecule has 1 N–H and O–H groups in total. The smallest absolute Gasteiger partial charge is 0.162 e.